The van der Waals surface area contributed by atoms with Gasteiger partial charge in [-0.05, 0) is 49.4 Å². The van der Waals surface area contributed by atoms with E-state index in [9.17, 15) is 30.8 Å². The fourth-order valence-corrected chi connectivity index (χ4v) is 4.05. The molecule has 29 heavy (non-hydrogen) atoms. The number of alkyl halides is 3. The van der Waals surface area contributed by atoms with Gasteiger partial charge in [0.2, 0.25) is 5.91 Å². The van der Waals surface area contributed by atoms with Crippen molar-refractivity contribution >= 4 is 21.4 Å². The maximum Gasteiger partial charge on any atom is 0.417 e. The number of nitriles is 1. The average molecular weight is 429 g/mol. The van der Waals surface area contributed by atoms with Crippen LogP contribution in [0.1, 0.15) is 18.1 Å². The van der Waals surface area contributed by atoms with Crippen LogP contribution >= 0.6 is 0 Å². The summed E-state index contributed by atoms with van der Waals surface area (Å²) < 4.78 is 76.9. The van der Waals surface area contributed by atoms with Gasteiger partial charge in [-0.25, -0.2) is 12.8 Å². The van der Waals surface area contributed by atoms with Crippen LogP contribution in [-0.2, 0) is 20.8 Å². The van der Waals surface area contributed by atoms with E-state index >= 15 is 0 Å². The summed E-state index contributed by atoms with van der Waals surface area (Å²) >= 11 is 0. The number of carbonyl (C=O) groups is 1. The monoisotopic (exact) mass is 429 g/mol. The normalized spacial score (nSPS) is 14.0. The first kappa shape index (κ1) is 22.3. The smallest absolute Gasteiger partial charge is 0.324 e. The van der Waals surface area contributed by atoms with E-state index < -0.39 is 50.2 Å². The van der Waals surface area contributed by atoms with E-state index in [0.29, 0.717) is 6.07 Å². The minimum absolute atomic E-state index is 0.263. The lowest BCUT2D eigenvalue weighted by molar-refractivity contribution is -0.137. The molecule has 154 valence electrons. The van der Waals surface area contributed by atoms with Crippen molar-refractivity contribution in [2.75, 3.05) is 11.1 Å². The molecule has 0 radical (unpaired) electrons. The number of nitrogens with two attached hydrogens (primary N) is 1. The first-order chi connectivity index (χ1) is 13.3. The Bertz CT molecular complexity index is 1070. The van der Waals surface area contributed by atoms with Crippen LogP contribution in [-0.4, -0.2) is 25.6 Å². The third-order valence-electron chi connectivity index (χ3n) is 3.88. The lowest BCUT2D eigenvalue weighted by atomic mass is 10.0. The fourth-order valence-electron chi connectivity index (χ4n) is 2.41. The third-order valence-corrected chi connectivity index (χ3v) is 5.85. The van der Waals surface area contributed by atoms with Gasteiger partial charge < -0.3 is 11.1 Å². The maximum atomic E-state index is 13.0. The first-order valence-electron chi connectivity index (χ1n) is 7.96. The number of amides is 1. The summed E-state index contributed by atoms with van der Waals surface area (Å²) in [6.07, 6.45) is -4.83. The molecule has 0 fully saturated rings. The van der Waals surface area contributed by atoms with E-state index in [1.807, 2.05) is 0 Å². The second-order valence-corrected chi connectivity index (χ2v) is 8.44. The topological polar surface area (TPSA) is 113 Å². The van der Waals surface area contributed by atoms with Crippen LogP contribution in [0.25, 0.3) is 0 Å². The lowest BCUT2D eigenvalue weighted by Gasteiger charge is -2.23. The molecular formula is C18H15F4N3O3S. The number of nitrogens with zero attached hydrogens (tertiary/aromatic N) is 1. The van der Waals surface area contributed by atoms with Gasteiger partial charge in [0.25, 0.3) is 0 Å². The van der Waals surface area contributed by atoms with Gasteiger partial charge in [0.15, 0.2) is 9.84 Å². The summed E-state index contributed by atoms with van der Waals surface area (Å²) in [7, 11) is -4.09. The van der Waals surface area contributed by atoms with Crippen molar-refractivity contribution in [3.63, 3.8) is 0 Å². The van der Waals surface area contributed by atoms with Gasteiger partial charge >= 0.3 is 6.18 Å². The molecule has 0 heterocycles. The number of nitrogens with one attached hydrogen (secondary N) is 1. The van der Waals surface area contributed by atoms with Gasteiger partial charge in [0.05, 0.1) is 27.8 Å². The van der Waals surface area contributed by atoms with Crippen molar-refractivity contribution in [2.45, 2.75) is 23.5 Å². The van der Waals surface area contributed by atoms with Crippen LogP contribution in [0.5, 0.6) is 0 Å². The van der Waals surface area contributed by atoms with Crippen molar-refractivity contribution in [2.24, 2.45) is 5.73 Å². The van der Waals surface area contributed by atoms with Crippen molar-refractivity contribution in [1.29, 1.82) is 5.26 Å². The highest BCUT2D eigenvalue weighted by Gasteiger charge is 2.37. The summed E-state index contributed by atoms with van der Waals surface area (Å²) in [6, 6.07) is 7.77. The summed E-state index contributed by atoms with van der Waals surface area (Å²) in [6.45, 7) is 1.09. The Morgan fingerprint density at radius 2 is 1.76 bits per heavy atom. The SMILES string of the molecule is C[C@](N)(CS(=O)(=O)c1ccc(F)cc1)C(=O)Nc1ccc(C#N)c(C(F)(F)F)c1. The highest BCUT2D eigenvalue weighted by Crippen LogP contribution is 2.33. The molecule has 1 atom stereocenters. The molecule has 0 saturated carbocycles. The first-order valence-corrected chi connectivity index (χ1v) is 9.61. The average Bonchev–Trinajstić information content (AvgIpc) is 2.60. The largest absolute Gasteiger partial charge is 0.417 e. The van der Waals surface area contributed by atoms with E-state index in [0.717, 1.165) is 43.3 Å². The zero-order chi connectivity index (χ0) is 22.0. The van der Waals surface area contributed by atoms with Crippen LogP contribution in [0.3, 0.4) is 0 Å². The minimum atomic E-state index is -4.83. The van der Waals surface area contributed by atoms with Crippen molar-refractivity contribution < 1.29 is 30.8 Å². The number of carbonyl (C=O) groups excluding carboxylic acids is 1. The van der Waals surface area contributed by atoms with E-state index in [-0.39, 0.29) is 10.6 Å². The van der Waals surface area contributed by atoms with Crippen LogP contribution in [0.15, 0.2) is 47.4 Å². The van der Waals surface area contributed by atoms with Gasteiger partial charge in [-0.3, -0.25) is 4.79 Å². The predicted octanol–water partition coefficient (Wildman–Crippen LogP) is 2.85. The fraction of sp³-hybridized carbons (Fsp3) is 0.222. The maximum absolute atomic E-state index is 13.0. The molecule has 2 aromatic carbocycles. The molecule has 0 saturated heterocycles. The van der Waals surface area contributed by atoms with E-state index in [2.05, 4.69) is 5.32 Å². The molecule has 0 aliphatic rings. The molecule has 0 aliphatic carbocycles. The number of halogens is 4. The molecule has 11 heteroatoms. The highest BCUT2D eigenvalue weighted by atomic mass is 32.2. The number of hydrogen-bond acceptors (Lipinski definition) is 5. The Kier molecular flexibility index (Phi) is 6.01. The molecule has 0 bridgehead atoms. The Labute approximate surface area is 163 Å². The Balaban J connectivity index is 2.25. The summed E-state index contributed by atoms with van der Waals surface area (Å²) in [4.78, 5) is 12.1. The molecule has 3 N–H and O–H groups in total. The van der Waals surface area contributed by atoms with Gasteiger partial charge in [-0.15, -0.1) is 0 Å². The summed E-state index contributed by atoms with van der Waals surface area (Å²) in [5, 5.41) is 10.9. The van der Waals surface area contributed by atoms with Crippen molar-refractivity contribution in [3.05, 3.63) is 59.4 Å². The molecule has 2 aromatic rings. The standard InChI is InChI=1S/C18H15F4N3O3S/c1-17(24,10-29(27,28)14-6-3-12(19)4-7-14)16(26)25-13-5-2-11(9-23)15(8-13)18(20,21)22/h2-8H,10,24H2,1H3,(H,25,26)/t17-/m0/s1. The minimum Gasteiger partial charge on any atom is -0.324 e. The molecular weight excluding hydrogens is 414 g/mol. The highest BCUT2D eigenvalue weighted by molar-refractivity contribution is 7.91. The van der Waals surface area contributed by atoms with Gasteiger partial charge in [0, 0.05) is 5.69 Å². The van der Waals surface area contributed by atoms with Crippen molar-refractivity contribution in [1.82, 2.24) is 0 Å². The number of hydrogen-bond donors (Lipinski definition) is 2. The molecule has 0 spiro atoms. The Morgan fingerprint density at radius 3 is 2.28 bits per heavy atom. The van der Waals surface area contributed by atoms with Crippen LogP contribution in [0.4, 0.5) is 23.2 Å². The van der Waals surface area contributed by atoms with Crippen LogP contribution in [0, 0.1) is 17.1 Å². The summed E-state index contributed by atoms with van der Waals surface area (Å²) in [5.41, 5.74) is 1.59. The van der Waals surface area contributed by atoms with Crippen LogP contribution in [0.2, 0.25) is 0 Å². The predicted molar refractivity (Wildman–Crippen MR) is 95.8 cm³/mol. The molecule has 0 unspecified atom stereocenters. The second kappa shape index (κ2) is 7.81. The number of rotatable bonds is 5. The molecule has 6 nitrogen and oxygen atoms in total. The molecule has 2 rings (SSSR count). The zero-order valence-corrected chi connectivity index (χ0v) is 15.7. The molecule has 0 aromatic heterocycles. The van der Waals surface area contributed by atoms with E-state index in [1.165, 1.54) is 6.07 Å². The second-order valence-electron chi connectivity index (χ2n) is 6.45. The van der Waals surface area contributed by atoms with Gasteiger partial charge in [-0.2, -0.15) is 18.4 Å². The number of anilines is 1. The third kappa shape index (κ3) is 5.30. The van der Waals surface area contributed by atoms with Crippen molar-refractivity contribution in [3.8, 4) is 6.07 Å². The zero-order valence-electron chi connectivity index (χ0n) is 14.9. The van der Waals surface area contributed by atoms with Gasteiger partial charge in [0.1, 0.15) is 11.4 Å². The van der Waals surface area contributed by atoms with Gasteiger partial charge in [-0.1, -0.05) is 0 Å². The molecule has 0 aliphatic heterocycles. The van der Waals surface area contributed by atoms with E-state index in [1.54, 1.807) is 0 Å². The Hall–Kier alpha value is -2.97. The quantitative estimate of drug-likeness (QED) is 0.561. The number of benzene rings is 2. The summed E-state index contributed by atoms with van der Waals surface area (Å²) in [5.74, 6) is -2.58. The molecule has 1 amide bonds. The van der Waals surface area contributed by atoms with Crippen LogP contribution < -0.4 is 11.1 Å². The Morgan fingerprint density at radius 1 is 1.17 bits per heavy atom. The van der Waals surface area contributed by atoms with E-state index in [4.69, 9.17) is 11.0 Å². The lowest BCUT2D eigenvalue weighted by Crippen LogP contribution is -2.53. The number of sulfone groups is 1.